The maximum atomic E-state index is 12.9. The number of benzene rings is 1. The molecule has 0 N–H and O–H groups in total. The number of aromatic nitrogens is 2. The molecular formula is C22H18ClN3O5. The molecule has 1 aliphatic rings. The van der Waals surface area contributed by atoms with Crippen molar-refractivity contribution in [2.45, 2.75) is 26.5 Å². The van der Waals surface area contributed by atoms with Gasteiger partial charge in [-0.25, -0.2) is 9.78 Å². The molecule has 0 bridgehead atoms. The number of hydrogen-bond donors (Lipinski definition) is 0. The molecule has 0 aliphatic carbocycles. The highest BCUT2D eigenvalue weighted by molar-refractivity contribution is 6.30. The monoisotopic (exact) mass is 439 g/mol. The van der Waals surface area contributed by atoms with Crippen LogP contribution in [-0.2, 0) is 16.1 Å². The van der Waals surface area contributed by atoms with Gasteiger partial charge in [0.1, 0.15) is 18.3 Å². The quantitative estimate of drug-likeness (QED) is 0.448. The second-order valence-corrected chi connectivity index (χ2v) is 7.92. The predicted molar refractivity (Wildman–Crippen MR) is 112 cm³/mol. The molecule has 2 amide bonds. The number of carbonyl (C=O) groups is 3. The Morgan fingerprint density at radius 2 is 1.71 bits per heavy atom. The lowest BCUT2D eigenvalue weighted by molar-refractivity contribution is -0.151. The van der Waals surface area contributed by atoms with Gasteiger partial charge in [0.05, 0.1) is 21.8 Å². The highest BCUT2D eigenvalue weighted by Crippen LogP contribution is 2.27. The molecule has 0 radical (unpaired) electrons. The van der Waals surface area contributed by atoms with Gasteiger partial charge >= 0.3 is 5.97 Å². The standard InChI is InChI=1S/C22H18ClN3O5/c1-12(2)19(26-20(28)15-5-3-4-6-16(15)21(26)29)22(30)31-11-14-9-18(27)25-10-13(23)7-8-17(25)24-14/h3-10,12,19H,11H2,1-2H3/t19-/m1/s1. The summed E-state index contributed by atoms with van der Waals surface area (Å²) in [5.74, 6) is -2.19. The van der Waals surface area contributed by atoms with Gasteiger partial charge in [-0.1, -0.05) is 37.6 Å². The largest absolute Gasteiger partial charge is 0.458 e. The van der Waals surface area contributed by atoms with Gasteiger partial charge in [-0.05, 0) is 30.2 Å². The first-order chi connectivity index (χ1) is 14.8. The van der Waals surface area contributed by atoms with E-state index in [-0.39, 0.29) is 34.9 Å². The van der Waals surface area contributed by atoms with Gasteiger partial charge in [-0.2, -0.15) is 0 Å². The van der Waals surface area contributed by atoms with Crippen LogP contribution < -0.4 is 5.56 Å². The number of amides is 2. The number of halogens is 1. The number of ether oxygens (including phenoxy) is 1. The van der Waals surface area contributed by atoms with E-state index in [1.807, 2.05) is 0 Å². The van der Waals surface area contributed by atoms with E-state index in [0.717, 1.165) is 4.90 Å². The van der Waals surface area contributed by atoms with Crippen LogP contribution in [0.3, 0.4) is 0 Å². The molecule has 4 rings (SSSR count). The van der Waals surface area contributed by atoms with Gasteiger partial charge in [-0.15, -0.1) is 0 Å². The number of rotatable bonds is 5. The molecule has 0 unspecified atom stereocenters. The Morgan fingerprint density at radius 1 is 1.06 bits per heavy atom. The zero-order valence-electron chi connectivity index (χ0n) is 16.7. The van der Waals surface area contributed by atoms with Crippen molar-refractivity contribution >= 4 is 35.0 Å². The first-order valence-corrected chi connectivity index (χ1v) is 9.97. The van der Waals surface area contributed by atoms with E-state index in [1.165, 1.54) is 16.7 Å². The van der Waals surface area contributed by atoms with E-state index in [9.17, 15) is 19.2 Å². The molecule has 3 aromatic rings. The summed E-state index contributed by atoms with van der Waals surface area (Å²) in [7, 11) is 0. The summed E-state index contributed by atoms with van der Waals surface area (Å²) < 4.78 is 6.65. The Morgan fingerprint density at radius 3 is 2.32 bits per heavy atom. The lowest BCUT2D eigenvalue weighted by Gasteiger charge is -2.27. The molecule has 0 spiro atoms. The summed E-state index contributed by atoms with van der Waals surface area (Å²) in [6.07, 6.45) is 1.44. The van der Waals surface area contributed by atoms with Gasteiger partial charge in [0.15, 0.2) is 0 Å². The third-order valence-corrected chi connectivity index (χ3v) is 5.24. The third kappa shape index (κ3) is 3.70. The molecule has 158 valence electrons. The fraction of sp³-hybridized carbons (Fsp3) is 0.227. The molecule has 0 saturated carbocycles. The van der Waals surface area contributed by atoms with Gasteiger partial charge in [0.25, 0.3) is 17.4 Å². The first-order valence-electron chi connectivity index (χ1n) is 9.59. The van der Waals surface area contributed by atoms with E-state index < -0.39 is 23.8 Å². The molecule has 9 heteroatoms. The van der Waals surface area contributed by atoms with Crippen LogP contribution in [0.1, 0.15) is 40.3 Å². The van der Waals surface area contributed by atoms with E-state index >= 15 is 0 Å². The van der Waals surface area contributed by atoms with Gasteiger partial charge < -0.3 is 4.74 Å². The molecular weight excluding hydrogens is 422 g/mol. The maximum absolute atomic E-state index is 12.9. The zero-order chi connectivity index (χ0) is 22.3. The number of esters is 1. The summed E-state index contributed by atoms with van der Waals surface area (Å²) in [6, 6.07) is 9.73. The van der Waals surface area contributed by atoms with Crippen LogP contribution >= 0.6 is 11.6 Å². The zero-order valence-corrected chi connectivity index (χ0v) is 17.5. The topological polar surface area (TPSA) is 98.1 Å². The molecule has 1 atom stereocenters. The van der Waals surface area contributed by atoms with E-state index in [2.05, 4.69) is 4.98 Å². The van der Waals surface area contributed by atoms with Crippen molar-refractivity contribution in [2.24, 2.45) is 5.92 Å². The summed E-state index contributed by atoms with van der Waals surface area (Å²) in [5, 5.41) is 0.385. The van der Waals surface area contributed by atoms with Crippen molar-refractivity contribution in [3.05, 3.63) is 80.9 Å². The number of fused-ring (bicyclic) bond motifs is 2. The van der Waals surface area contributed by atoms with Crippen LogP contribution in [0.25, 0.3) is 5.65 Å². The molecule has 8 nitrogen and oxygen atoms in total. The van der Waals surface area contributed by atoms with Crippen LogP contribution in [0.5, 0.6) is 0 Å². The van der Waals surface area contributed by atoms with Crippen LogP contribution in [0.2, 0.25) is 5.02 Å². The molecule has 0 fully saturated rings. The summed E-state index contributed by atoms with van der Waals surface area (Å²) in [4.78, 5) is 56.0. The maximum Gasteiger partial charge on any atom is 0.330 e. The van der Waals surface area contributed by atoms with Crippen LogP contribution in [0, 0.1) is 5.92 Å². The molecule has 3 heterocycles. The SMILES string of the molecule is CC(C)[C@H](C(=O)OCc1cc(=O)n2cc(Cl)ccc2n1)N1C(=O)c2ccccc2C1=O. The number of nitrogens with zero attached hydrogens (tertiary/aromatic N) is 3. The Labute approximate surface area is 182 Å². The molecule has 31 heavy (non-hydrogen) atoms. The Balaban J connectivity index is 1.56. The Hall–Kier alpha value is -3.52. The van der Waals surface area contributed by atoms with Crippen LogP contribution in [0.4, 0.5) is 0 Å². The van der Waals surface area contributed by atoms with Crippen LogP contribution in [0.15, 0.2) is 53.5 Å². The fourth-order valence-corrected chi connectivity index (χ4v) is 3.73. The second kappa shape index (κ2) is 7.96. The summed E-state index contributed by atoms with van der Waals surface area (Å²) >= 11 is 5.90. The van der Waals surface area contributed by atoms with Crippen molar-refractivity contribution in [3.63, 3.8) is 0 Å². The lowest BCUT2D eigenvalue weighted by atomic mass is 10.0. The predicted octanol–water partition coefficient (Wildman–Crippen LogP) is 2.71. The third-order valence-electron chi connectivity index (χ3n) is 5.02. The highest BCUT2D eigenvalue weighted by Gasteiger charge is 2.44. The van der Waals surface area contributed by atoms with Crippen LogP contribution in [-0.4, -0.2) is 38.1 Å². The number of carbonyl (C=O) groups excluding carboxylic acids is 3. The van der Waals surface area contributed by atoms with Gasteiger partial charge in [0.2, 0.25) is 0 Å². The smallest absolute Gasteiger partial charge is 0.330 e. The van der Waals surface area contributed by atoms with E-state index in [0.29, 0.717) is 10.7 Å². The van der Waals surface area contributed by atoms with Crippen molar-refractivity contribution in [2.75, 3.05) is 0 Å². The highest BCUT2D eigenvalue weighted by atomic mass is 35.5. The summed E-state index contributed by atoms with van der Waals surface area (Å²) in [5.41, 5.74) is 0.733. The minimum absolute atomic E-state index is 0.241. The van der Waals surface area contributed by atoms with Gasteiger partial charge in [-0.3, -0.25) is 23.7 Å². The molecule has 1 aliphatic heterocycles. The number of imide groups is 1. The molecule has 0 saturated heterocycles. The fourth-order valence-electron chi connectivity index (χ4n) is 3.57. The Bertz CT molecular complexity index is 1250. The normalized spacial score (nSPS) is 14.3. The lowest BCUT2D eigenvalue weighted by Crippen LogP contribution is -2.48. The minimum atomic E-state index is -1.10. The van der Waals surface area contributed by atoms with E-state index in [1.54, 1.807) is 50.2 Å². The van der Waals surface area contributed by atoms with Crippen molar-refractivity contribution in [1.29, 1.82) is 0 Å². The molecule has 1 aromatic carbocycles. The van der Waals surface area contributed by atoms with E-state index in [4.69, 9.17) is 16.3 Å². The van der Waals surface area contributed by atoms with Crippen molar-refractivity contribution in [1.82, 2.24) is 14.3 Å². The second-order valence-electron chi connectivity index (χ2n) is 7.48. The summed E-state index contributed by atoms with van der Waals surface area (Å²) in [6.45, 7) is 3.17. The molecule has 2 aromatic heterocycles. The van der Waals surface area contributed by atoms with Gasteiger partial charge in [0, 0.05) is 12.3 Å². The van der Waals surface area contributed by atoms with Crippen molar-refractivity contribution < 1.29 is 19.1 Å². The Kier molecular flexibility index (Phi) is 5.32. The van der Waals surface area contributed by atoms with Crippen molar-refractivity contribution in [3.8, 4) is 0 Å². The number of hydrogen-bond acceptors (Lipinski definition) is 6. The first kappa shape index (κ1) is 20.7. The average Bonchev–Trinajstić information content (AvgIpc) is 2.98. The number of pyridine rings is 1. The average molecular weight is 440 g/mol. The minimum Gasteiger partial charge on any atom is -0.458 e.